The lowest BCUT2D eigenvalue weighted by Crippen LogP contribution is -2.17. The first-order valence-corrected chi connectivity index (χ1v) is 5.53. The molecule has 0 spiro atoms. The van der Waals surface area contributed by atoms with Crippen molar-refractivity contribution in [3.63, 3.8) is 0 Å². The number of isocyanates is 1. The Hall–Kier alpha value is -1.86. The molecule has 2 aromatic rings. The average molecular weight is 212 g/mol. The van der Waals surface area contributed by atoms with Gasteiger partial charge in [0.2, 0.25) is 6.08 Å². The molecule has 2 heterocycles. The van der Waals surface area contributed by atoms with E-state index in [1.807, 2.05) is 12.1 Å². The molecule has 1 atom stereocenters. The van der Waals surface area contributed by atoms with E-state index in [1.165, 1.54) is 16.8 Å². The van der Waals surface area contributed by atoms with E-state index >= 15 is 0 Å². The normalized spacial score (nSPS) is 19.1. The van der Waals surface area contributed by atoms with Crippen molar-refractivity contribution in [3.05, 3.63) is 41.7 Å². The Kier molecular flexibility index (Phi) is 2.12. The van der Waals surface area contributed by atoms with Crippen molar-refractivity contribution < 1.29 is 4.79 Å². The molecule has 3 nitrogen and oxygen atoms in total. The van der Waals surface area contributed by atoms with Gasteiger partial charge in [-0.05, 0) is 43.0 Å². The van der Waals surface area contributed by atoms with Gasteiger partial charge in [-0.25, -0.2) is 9.79 Å². The molecule has 0 bridgehead atoms. The van der Waals surface area contributed by atoms with Gasteiger partial charge in [-0.1, -0.05) is 6.07 Å². The molecule has 2 aromatic heterocycles. The van der Waals surface area contributed by atoms with Crippen LogP contribution in [0.2, 0.25) is 0 Å². The molecule has 1 aliphatic carbocycles. The second-order valence-corrected chi connectivity index (χ2v) is 4.23. The maximum atomic E-state index is 10.3. The summed E-state index contributed by atoms with van der Waals surface area (Å²) in [6, 6.07) is 8.52. The van der Waals surface area contributed by atoms with Gasteiger partial charge in [-0.3, -0.25) is 0 Å². The van der Waals surface area contributed by atoms with Crippen LogP contribution in [0.3, 0.4) is 0 Å². The van der Waals surface area contributed by atoms with Gasteiger partial charge in [-0.2, -0.15) is 0 Å². The van der Waals surface area contributed by atoms with Crippen LogP contribution in [0, 0.1) is 0 Å². The van der Waals surface area contributed by atoms with E-state index in [1.54, 1.807) is 6.08 Å². The van der Waals surface area contributed by atoms with E-state index in [0.717, 1.165) is 19.3 Å². The number of hydrogen-bond acceptors (Lipinski definition) is 2. The van der Waals surface area contributed by atoms with Gasteiger partial charge in [0.25, 0.3) is 0 Å². The highest BCUT2D eigenvalue weighted by Gasteiger charge is 2.20. The number of carbonyl (C=O) groups excluding carboxylic acids is 1. The Morgan fingerprint density at radius 1 is 1.44 bits per heavy atom. The second kappa shape index (κ2) is 3.62. The summed E-state index contributed by atoms with van der Waals surface area (Å²) in [4.78, 5) is 14.1. The molecule has 0 fully saturated rings. The summed E-state index contributed by atoms with van der Waals surface area (Å²) in [6.45, 7) is 0. The number of rotatable bonds is 1. The zero-order valence-corrected chi connectivity index (χ0v) is 8.89. The number of aromatic nitrogens is 1. The molecule has 3 rings (SSSR count). The Morgan fingerprint density at radius 2 is 2.38 bits per heavy atom. The molecule has 0 amide bonds. The van der Waals surface area contributed by atoms with Gasteiger partial charge in [0.15, 0.2) is 0 Å². The molecule has 0 saturated heterocycles. The van der Waals surface area contributed by atoms with E-state index in [-0.39, 0.29) is 6.04 Å². The predicted octanol–water partition coefficient (Wildman–Crippen LogP) is 2.13. The van der Waals surface area contributed by atoms with E-state index < -0.39 is 0 Å². The van der Waals surface area contributed by atoms with Crippen LogP contribution in [-0.4, -0.2) is 16.5 Å². The molecule has 0 saturated carbocycles. The van der Waals surface area contributed by atoms with Crippen molar-refractivity contribution in [1.29, 1.82) is 0 Å². The third-order valence-corrected chi connectivity index (χ3v) is 3.28. The summed E-state index contributed by atoms with van der Waals surface area (Å²) in [5.74, 6) is 0. The first kappa shape index (κ1) is 9.37. The zero-order valence-electron chi connectivity index (χ0n) is 8.89. The fourth-order valence-electron chi connectivity index (χ4n) is 2.54. The number of hydrogen-bond donors (Lipinski definition) is 0. The lowest BCUT2D eigenvalue weighted by atomic mass is 9.94. The standard InChI is InChI=1S/C13H12N2O/c16-9-14-11-4-5-13-10(7-11)8-12-3-1-2-6-15(12)13/h1-3,6,8,11H,4-5,7H2. The molecule has 0 radical (unpaired) electrons. The fraction of sp³-hybridized carbons (Fsp3) is 0.308. The van der Waals surface area contributed by atoms with E-state index in [4.69, 9.17) is 0 Å². The van der Waals surface area contributed by atoms with Crippen molar-refractivity contribution >= 4 is 11.6 Å². The average Bonchev–Trinajstić information content (AvgIpc) is 2.67. The van der Waals surface area contributed by atoms with Gasteiger partial charge < -0.3 is 4.40 Å². The molecular formula is C13H12N2O. The molecule has 0 aromatic carbocycles. The van der Waals surface area contributed by atoms with Gasteiger partial charge in [0.1, 0.15) is 0 Å². The number of nitrogens with zero attached hydrogens (tertiary/aromatic N) is 2. The summed E-state index contributed by atoms with van der Waals surface area (Å²) in [5, 5.41) is 0. The van der Waals surface area contributed by atoms with Crippen LogP contribution in [0.25, 0.3) is 5.52 Å². The van der Waals surface area contributed by atoms with E-state index in [0.29, 0.717) is 0 Å². The summed E-state index contributed by atoms with van der Waals surface area (Å²) >= 11 is 0. The molecule has 0 N–H and O–H groups in total. The monoisotopic (exact) mass is 212 g/mol. The van der Waals surface area contributed by atoms with Crippen molar-refractivity contribution in [2.75, 3.05) is 0 Å². The summed E-state index contributed by atoms with van der Waals surface area (Å²) in [7, 11) is 0. The largest absolute Gasteiger partial charge is 0.321 e. The predicted molar refractivity (Wildman–Crippen MR) is 61.3 cm³/mol. The molecular weight excluding hydrogens is 200 g/mol. The number of pyridine rings is 1. The van der Waals surface area contributed by atoms with E-state index in [9.17, 15) is 4.79 Å². The van der Waals surface area contributed by atoms with Crippen LogP contribution in [0.4, 0.5) is 0 Å². The first-order valence-electron chi connectivity index (χ1n) is 5.53. The SMILES string of the molecule is O=C=NC1CCc2c(cc3ccccn23)C1. The lowest BCUT2D eigenvalue weighted by Gasteiger charge is -2.17. The number of fused-ring (bicyclic) bond motifs is 3. The maximum Gasteiger partial charge on any atom is 0.235 e. The van der Waals surface area contributed by atoms with Crippen LogP contribution in [0.5, 0.6) is 0 Å². The smallest absolute Gasteiger partial charge is 0.235 e. The Labute approximate surface area is 93.4 Å². The van der Waals surface area contributed by atoms with Crippen molar-refractivity contribution in [2.24, 2.45) is 4.99 Å². The third kappa shape index (κ3) is 1.37. The fourth-order valence-corrected chi connectivity index (χ4v) is 2.54. The first-order chi connectivity index (χ1) is 7.88. The number of aryl methyl sites for hydroxylation is 1. The minimum atomic E-state index is 0.127. The Morgan fingerprint density at radius 3 is 3.25 bits per heavy atom. The van der Waals surface area contributed by atoms with Crippen LogP contribution < -0.4 is 0 Å². The van der Waals surface area contributed by atoms with E-state index in [2.05, 4.69) is 27.7 Å². The quantitative estimate of drug-likeness (QED) is 0.526. The van der Waals surface area contributed by atoms with Crippen molar-refractivity contribution in [1.82, 2.24) is 4.40 Å². The summed E-state index contributed by atoms with van der Waals surface area (Å²) in [6.07, 6.45) is 6.57. The van der Waals surface area contributed by atoms with Crippen LogP contribution in [0.1, 0.15) is 17.7 Å². The minimum absolute atomic E-state index is 0.127. The molecule has 80 valence electrons. The highest BCUT2D eigenvalue weighted by atomic mass is 16.1. The van der Waals surface area contributed by atoms with Crippen molar-refractivity contribution in [2.45, 2.75) is 25.3 Å². The summed E-state index contributed by atoms with van der Waals surface area (Å²) in [5.41, 5.74) is 3.91. The van der Waals surface area contributed by atoms with Gasteiger partial charge >= 0.3 is 0 Å². The Bertz CT molecular complexity index is 579. The maximum absolute atomic E-state index is 10.3. The highest BCUT2D eigenvalue weighted by Crippen LogP contribution is 2.26. The lowest BCUT2D eigenvalue weighted by molar-refractivity contribution is 0.536. The van der Waals surface area contributed by atoms with Gasteiger partial charge in [0.05, 0.1) is 6.04 Å². The van der Waals surface area contributed by atoms with Crippen molar-refractivity contribution in [3.8, 4) is 0 Å². The third-order valence-electron chi connectivity index (χ3n) is 3.28. The second-order valence-electron chi connectivity index (χ2n) is 4.23. The van der Waals surface area contributed by atoms with Crippen LogP contribution in [0.15, 0.2) is 35.5 Å². The molecule has 3 heteroatoms. The van der Waals surface area contributed by atoms with Crippen LogP contribution in [-0.2, 0) is 17.6 Å². The van der Waals surface area contributed by atoms with Gasteiger partial charge in [-0.15, -0.1) is 0 Å². The molecule has 1 aliphatic rings. The molecule has 16 heavy (non-hydrogen) atoms. The zero-order chi connectivity index (χ0) is 11.0. The summed E-state index contributed by atoms with van der Waals surface area (Å²) < 4.78 is 2.23. The van der Waals surface area contributed by atoms with Gasteiger partial charge in [0, 0.05) is 17.4 Å². The number of aliphatic imine (C=N–C) groups is 1. The highest BCUT2D eigenvalue weighted by molar-refractivity contribution is 5.54. The minimum Gasteiger partial charge on any atom is -0.321 e. The molecule has 1 unspecified atom stereocenters. The Balaban J connectivity index is 2.09. The topological polar surface area (TPSA) is 33.8 Å². The molecule has 0 aliphatic heterocycles. The van der Waals surface area contributed by atoms with Crippen LogP contribution >= 0.6 is 0 Å².